The lowest BCUT2D eigenvalue weighted by atomic mass is 9.79. The van der Waals surface area contributed by atoms with Gasteiger partial charge in [-0.1, -0.05) is 145 Å². The van der Waals surface area contributed by atoms with Crippen LogP contribution in [0.5, 0.6) is 0 Å². The predicted octanol–water partition coefficient (Wildman–Crippen LogP) is 9.90. The van der Waals surface area contributed by atoms with Crippen molar-refractivity contribution < 1.29 is 9.59 Å². The molecule has 2 aromatic heterocycles. The zero-order chi connectivity index (χ0) is 37.4. The number of nitrogens with zero attached hydrogens (tertiary/aromatic N) is 2. The van der Waals surface area contributed by atoms with Gasteiger partial charge in [-0.05, 0) is 44.9 Å². The van der Waals surface area contributed by atoms with Crippen LogP contribution in [0, 0.1) is 33.5 Å². The van der Waals surface area contributed by atoms with Crippen molar-refractivity contribution in [1.29, 1.82) is 0 Å². The Kier molecular flexibility index (Phi) is 11.0. The maximum Gasteiger partial charge on any atom is 0.226 e. The van der Waals surface area contributed by atoms with E-state index in [2.05, 4.69) is 138 Å². The zero-order valence-corrected chi connectivity index (χ0v) is 32.8. The third kappa shape index (κ3) is 8.39. The van der Waals surface area contributed by atoms with Crippen LogP contribution in [0.15, 0.2) is 60.9 Å². The van der Waals surface area contributed by atoms with Crippen molar-refractivity contribution in [3.05, 3.63) is 72.6 Å². The van der Waals surface area contributed by atoms with E-state index in [1.54, 1.807) is 0 Å². The summed E-state index contributed by atoms with van der Waals surface area (Å²) >= 11 is 0. The number of nitrogens with one attached hydrogen (secondary N) is 4. The average Bonchev–Trinajstić information content (AvgIpc) is 3.72. The summed E-state index contributed by atoms with van der Waals surface area (Å²) in [6.45, 7) is 29.0. The SMILES string of the molecule is CC(C)C(C)(C)C(=O)NC(c1ncc(-c2ccc(-c3ccc(-c4cnc(C(NC(=O)C(C)(C)C(C)C)C(C)(C)C)[nH]4)cc3)cc2)[nH]1)C(C)(C)C. The number of hydrogen-bond acceptors (Lipinski definition) is 4. The summed E-state index contributed by atoms with van der Waals surface area (Å²) in [5.74, 6) is 1.96. The molecule has 0 aliphatic heterocycles. The number of amides is 2. The van der Waals surface area contributed by atoms with Gasteiger partial charge in [-0.3, -0.25) is 9.59 Å². The van der Waals surface area contributed by atoms with Crippen LogP contribution in [0.4, 0.5) is 0 Å². The zero-order valence-electron chi connectivity index (χ0n) is 32.8. The van der Waals surface area contributed by atoms with Gasteiger partial charge in [-0.15, -0.1) is 0 Å². The van der Waals surface area contributed by atoms with Gasteiger partial charge in [0.2, 0.25) is 11.8 Å². The van der Waals surface area contributed by atoms with Crippen molar-refractivity contribution >= 4 is 11.8 Å². The van der Waals surface area contributed by atoms with Gasteiger partial charge >= 0.3 is 0 Å². The second kappa shape index (κ2) is 14.2. The molecule has 8 nitrogen and oxygen atoms in total. The van der Waals surface area contributed by atoms with Crippen LogP contribution >= 0.6 is 0 Å². The quantitative estimate of drug-likeness (QED) is 0.126. The topological polar surface area (TPSA) is 116 Å². The normalized spacial score (nSPS) is 14.2. The largest absolute Gasteiger partial charge is 0.345 e. The van der Waals surface area contributed by atoms with E-state index < -0.39 is 10.8 Å². The number of hydrogen-bond donors (Lipinski definition) is 4. The Bertz CT molecular complexity index is 1630. The van der Waals surface area contributed by atoms with Gasteiger partial charge in [0, 0.05) is 10.8 Å². The molecule has 2 atom stereocenters. The molecule has 0 spiro atoms. The van der Waals surface area contributed by atoms with Gasteiger partial charge in [0.1, 0.15) is 11.6 Å². The molecule has 2 heterocycles. The Balaban J connectivity index is 1.50. The first-order valence-electron chi connectivity index (χ1n) is 18.0. The number of H-pyrrole nitrogens is 2. The van der Waals surface area contributed by atoms with E-state index in [0.717, 1.165) is 45.3 Å². The second-order valence-corrected chi connectivity index (χ2v) is 17.8. The summed E-state index contributed by atoms with van der Waals surface area (Å²) in [5, 5.41) is 6.56. The van der Waals surface area contributed by atoms with Crippen molar-refractivity contribution in [2.45, 2.75) is 109 Å². The summed E-state index contributed by atoms with van der Waals surface area (Å²) in [6.07, 6.45) is 3.69. The highest BCUT2D eigenvalue weighted by molar-refractivity contribution is 5.83. The first kappa shape index (κ1) is 38.6. The minimum atomic E-state index is -0.493. The molecule has 50 heavy (non-hydrogen) atoms. The van der Waals surface area contributed by atoms with Crippen LogP contribution in [0.1, 0.15) is 121 Å². The van der Waals surface area contributed by atoms with Gasteiger partial charge in [0.25, 0.3) is 0 Å². The Labute approximate surface area is 300 Å². The van der Waals surface area contributed by atoms with Crippen molar-refractivity contribution in [3.63, 3.8) is 0 Å². The number of carbonyl (C=O) groups is 2. The van der Waals surface area contributed by atoms with Crippen molar-refractivity contribution in [2.24, 2.45) is 33.5 Å². The minimum Gasteiger partial charge on any atom is -0.345 e. The molecule has 0 bridgehead atoms. The van der Waals surface area contributed by atoms with E-state index in [9.17, 15) is 9.59 Å². The molecule has 2 aromatic carbocycles. The Morgan fingerprint density at radius 3 is 1.06 bits per heavy atom. The van der Waals surface area contributed by atoms with Crippen LogP contribution in [-0.4, -0.2) is 31.8 Å². The van der Waals surface area contributed by atoms with E-state index in [1.807, 2.05) is 40.1 Å². The van der Waals surface area contributed by atoms with Crippen LogP contribution in [0.2, 0.25) is 0 Å². The molecular formula is C42H60N6O2. The Hall–Kier alpha value is -4.20. The van der Waals surface area contributed by atoms with Crippen LogP contribution in [0.25, 0.3) is 33.6 Å². The fraction of sp³-hybridized carbons (Fsp3) is 0.524. The van der Waals surface area contributed by atoms with Crippen molar-refractivity contribution in [1.82, 2.24) is 30.6 Å². The third-order valence-corrected chi connectivity index (χ3v) is 10.8. The Morgan fingerprint density at radius 1 is 0.520 bits per heavy atom. The fourth-order valence-corrected chi connectivity index (χ4v) is 5.49. The van der Waals surface area contributed by atoms with Crippen molar-refractivity contribution in [3.8, 4) is 33.6 Å². The smallest absolute Gasteiger partial charge is 0.226 e. The van der Waals surface area contributed by atoms with Crippen LogP contribution in [0.3, 0.4) is 0 Å². The lowest BCUT2D eigenvalue weighted by molar-refractivity contribution is -0.134. The second-order valence-electron chi connectivity index (χ2n) is 17.8. The molecule has 0 aliphatic carbocycles. The highest BCUT2D eigenvalue weighted by atomic mass is 16.2. The van der Waals surface area contributed by atoms with E-state index in [4.69, 9.17) is 9.97 Å². The molecule has 2 amide bonds. The lowest BCUT2D eigenvalue weighted by Gasteiger charge is -2.35. The van der Waals surface area contributed by atoms with Crippen molar-refractivity contribution in [2.75, 3.05) is 0 Å². The average molecular weight is 681 g/mol. The lowest BCUT2D eigenvalue weighted by Crippen LogP contribution is -2.45. The standard InChI is InChI=1S/C42H60N6O2/c1-25(2)41(11,12)37(49)47-33(39(5,6)7)35-43-23-31(45-35)29-19-15-27(16-20-29)28-17-21-30(22-18-28)32-24-44-36(46-32)34(40(8,9)10)48-38(50)42(13,14)26(3)4/h15-26,33-34H,1-14H3,(H,43,45)(H,44,46)(H,47,49)(H,48,50). The van der Waals surface area contributed by atoms with Crippen LogP contribution < -0.4 is 10.6 Å². The number of carbonyl (C=O) groups excluding carboxylic acids is 2. The summed E-state index contributed by atoms with van der Waals surface area (Å²) in [4.78, 5) is 42.9. The fourth-order valence-electron chi connectivity index (χ4n) is 5.49. The molecule has 0 saturated heterocycles. The molecule has 0 fully saturated rings. The number of benzene rings is 2. The predicted molar refractivity (Wildman–Crippen MR) is 205 cm³/mol. The number of imidazole rings is 2. The molecule has 270 valence electrons. The Morgan fingerprint density at radius 2 is 0.800 bits per heavy atom. The van der Waals surface area contributed by atoms with E-state index in [-0.39, 0.29) is 46.6 Å². The molecule has 0 saturated carbocycles. The molecule has 8 heteroatoms. The molecule has 4 N–H and O–H groups in total. The molecule has 0 radical (unpaired) electrons. The van der Waals surface area contributed by atoms with Gasteiger partial charge in [0.15, 0.2) is 0 Å². The third-order valence-electron chi connectivity index (χ3n) is 10.8. The highest BCUT2D eigenvalue weighted by Gasteiger charge is 2.38. The van der Waals surface area contributed by atoms with Gasteiger partial charge in [-0.2, -0.15) is 0 Å². The monoisotopic (exact) mass is 680 g/mol. The molecule has 0 aliphatic rings. The molecular weight excluding hydrogens is 621 g/mol. The van der Waals surface area contributed by atoms with Gasteiger partial charge in [0.05, 0.1) is 35.9 Å². The summed E-state index contributed by atoms with van der Waals surface area (Å²) in [6, 6.07) is 16.3. The van der Waals surface area contributed by atoms with E-state index in [0.29, 0.717) is 0 Å². The molecule has 2 unspecified atom stereocenters. The molecule has 4 rings (SSSR count). The molecule has 4 aromatic rings. The number of rotatable bonds is 11. The summed E-state index contributed by atoms with van der Waals surface area (Å²) < 4.78 is 0. The first-order valence-corrected chi connectivity index (χ1v) is 18.0. The number of aromatic amines is 2. The maximum atomic E-state index is 13.3. The van der Waals surface area contributed by atoms with Crippen LogP contribution in [-0.2, 0) is 9.59 Å². The highest BCUT2D eigenvalue weighted by Crippen LogP contribution is 2.37. The minimum absolute atomic E-state index is 0.0255. The maximum absolute atomic E-state index is 13.3. The summed E-state index contributed by atoms with van der Waals surface area (Å²) in [7, 11) is 0. The van der Waals surface area contributed by atoms with E-state index >= 15 is 0 Å². The van der Waals surface area contributed by atoms with Gasteiger partial charge < -0.3 is 20.6 Å². The summed E-state index contributed by atoms with van der Waals surface area (Å²) in [5.41, 5.74) is 4.60. The van der Waals surface area contributed by atoms with E-state index in [1.165, 1.54) is 0 Å². The first-order chi connectivity index (χ1) is 23.0. The number of aromatic nitrogens is 4. The van der Waals surface area contributed by atoms with Gasteiger partial charge in [-0.25, -0.2) is 9.97 Å².